The first-order valence-corrected chi connectivity index (χ1v) is 9.41. The minimum Gasteiger partial charge on any atom is -0.479 e. The van der Waals surface area contributed by atoms with Crippen LogP contribution in [0.25, 0.3) is 0 Å². The molecule has 12 heteroatoms. The molecule has 1 fully saturated rings. The smallest absolute Gasteiger partial charge is 0.330 e. The molecular weight excluding hydrogens is 384 g/mol. The molecule has 1 aromatic rings. The summed E-state index contributed by atoms with van der Waals surface area (Å²) in [5, 5.41) is 30.1. The molecule has 1 saturated heterocycles. The second-order valence-corrected chi connectivity index (χ2v) is 7.10. The number of aromatic nitrogens is 3. The second-order valence-electron chi connectivity index (χ2n) is 7.10. The third-order valence-corrected chi connectivity index (χ3v) is 4.87. The average molecular weight is 412 g/mol. The first kappa shape index (κ1) is 22.6. The lowest BCUT2D eigenvalue weighted by Gasteiger charge is -2.34. The number of amides is 3. The van der Waals surface area contributed by atoms with E-state index in [0.717, 1.165) is 0 Å². The Hall–Kier alpha value is -2.73. The number of likely N-dealkylation sites (tertiary alicyclic amines) is 1. The monoisotopic (exact) mass is 412 g/mol. The number of aliphatic hydroxyl groups is 1. The Morgan fingerprint density at radius 3 is 2.86 bits per heavy atom. The summed E-state index contributed by atoms with van der Waals surface area (Å²) in [5.41, 5.74) is 4.02. The lowest BCUT2D eigenvalue weighted by atomic mass is 9.90. The van der Waals surface area contributed by atoms with Gasteiger partial charge in [-0.3, -0.25) is 4.79 Å². The van der Waals surface area contributed by atoms with Gasteiger partial charge in [0.25, 0.3) is 0 Å². The summed E-state index contributed by atoms with van der Waals surface area (Å²) in [6, 6.07) is -0.669. The number of rotatable bonds is 11. The van der Waals surface area contributed by atoms with Crippen LogP contribution in [-0.4, -0.2) is 86.5 Å². The van der Waals surface area contributed by atoms with Gasteiger partial charge in [-0.1, -0.05) is 5.21 Å². The lowest BCUT2D eigenvalue weighted by molar-refractivity contribution is -0.156. The fraction of sp³-hybridized carbons (Fsp3) is 0.706. The SMILES string of the molecule is COC[C@@H](O)Cn1cc(CC2(C(=O)O)CCCN2C(=O)CCCNC(N)=O)nn1. The first-order chi connectivity index (χ1) is 13.8. The Bertz CT molecular complexity index is 725. The van der Waals surface area contributed by atoms with Gasteiger partial charge in [0, 0.05) is 39.2 Å². The molecule has 1 aromatic heterocycles. The number of carbonyl (C=O) groups is 3. The number of nitrogens with two attached hydrogens (primary N) is 1. The van der Waals surface area contributed by atoms with Gasteiger partial charge < -0.3 is 30.9 Å². The zero-order chi connectivity index (χ0) is 21.4. The van der Waals surface area contributed by atoms with Crippen LogP contribution in [0.1, 0.15) is 31.4 Å². The van der Waals surface area contributed by atoms with E-state index >= 15 is 0 Å². The molecule has 1 unspecified atom stereocenters. The van der Waals surface area contributed by atoms with Gasteiger partial charge in [0.05, 0.1) is 24.9 Å². The maximum atomic E-state index is 12.7. The van der Waals surface area contributed by atoms with Crippen molar-refractivity contribution in [1.82, 2.24) is 25.2 Å². The van der Waals surface area contributed by atoms with Crippen LogP contribution in [0.15, 0.2) is 6.20 Å². The normalized spacial score (nSPS) is 19.9. The zero-order valence-corrected chi connectivity index (χ0v) is 16.4. The van der Waals surface area contributed by atoms with E-state index in [-0.39, 0.29) is 38.4 Å². The number of carbonyl (C=O) groups excluding carboxylic acids is 2. The van der Waals surface area contributed by atoms with Crippen LogP contribution in [0.3, 0.4) is 0 Å². The zero-order valence-electron chi connectivity index (χ0n) is 16.4. The molecule has 12 nitrogen and oxygen atoms in total. The number of aliphatic hydroxyl groups excluding tert-OH is 1. The Morgan fingerprint density at radius 1 is 1.45 bits per heavy atom. The molecule has 1 aliphatic heterocycles. The van der Waals surface area contributed by atoms with Crippen molar-refractivity contribution in [3.63, 3.8) is 0 Å². The van der Waals surface area contributed by atoms with Gasteiger partial charge in [-0.2, -0.15) is 0 Å². The summed E-state index contributed by atoms with van der Waals surface area (Å²) < 4.78 is 6.29. The highest BCUT2D eigenvalue weighted by Gasteiger charge is 2.50. The molecule has 29 heavy (non-hydrogen) atoms. The maximum absolute atomic E-state index is 12.7. The topological polar surface area (TPSA) is 173 Å². The molecule has 0 aromatic carbocycles. The molecule has 0 aliphatic carbocycles. The van der Waals surface area contributed by atoms with Crippen LogP contribution < -0.4 is 11.1 Å². The quantitative estimate of drug-likeness (QED) is 0.325. The van der Waals surface area contributed by atoms with Crippen LogP contribution >= 0.6 is 0 Å². The van der Waals surface area contributed by atoms with Crippen molar-refractivity contribution in [2.45, 2.75) is 50.3 Å². The standard InChI is InChI=1S/C17H28N6O6/c1-29-11-13(24)10-22-9-12(20-21-22)8-17(15(26)27)5-3-7-23(17)14(25)4-2-6-19-16(18)28/h9,13,24H,2-8,10-11H2,1H3,(H,26,27)(H3,18,19,28)/t13-,17?/m0/s1. The third-order valence-electron chi connectivity index (χ3n) is 4.87. The van der Waals surface area contributed by atoms with Crippen molar-refractivity contribution >= 4 is 17.9 Å². The average Bonchev–Trinajstić information content (AvgIpc) is 3.26. The molecule has 2 heterocycles. The number of carboxylic acid groups (broad SMARTS) is 1. The summed E-state index contributed by atoms with van der Waals surface area (Å²) in [6.07, 6.45) is 2.18. The summed E-state index contributed by atoms with van der Waals surface area (Å²) in [7, 11) is 1.47. The molecule has 2 rings (SSSR count). The number of nitrogens with one attached hydrogen (secondary N) is 1. The summed E-state index contributed by atoms with van der Waals surface area (Å²) in [4.78, 5) is 36.9. The van der Waals surface area contributed by atoms with Crippen molar-refractivity contribution in [3.05, 3.63) is 11.9 Å². The Kier molecular flexibility index (Phi) is 7.91. The van der Waals surface area contributed by atoms with E-state index in [2.05, 4.69) is 15.6 Å². The minimum atomic E-state index is -1.39. The third kappa shape index (κ3) is 5.87. The van der Waals surface area contributed by atoms with Crippen molar-refractivity contribution < 1.29 is 29.3 Å². The predicted octanol–water partition coefficient (Wildman–Crippen LogP) is -1.28. The number of methoxy groups -OCH3 is 1. The molecule has 0 spiro atoms. The van der Waals surface area contributed by atoms with Crippen LogP contribution in [0.4, 0.5) is 4.79 Å². The van der Waals surface area contributed by atoms with Crippen molar-refractivity contribution in [1.29, 1.82) is 0 Å². The van der Waals surface area contributed by atoms with Crippen LogP contribution in [0.5, 0.6) is 0 Å². The van der Waals surface area contributed by atoms with Gasteiger partial charge in [0.1, 0.15) is 5.54 Å². The number of ether oxygens (including phenoxy) is 1. The Morgan fingerprint density at radius 2 is 2.21 bits per heavy atom. The van der Waals surface area contributed by atoms with Crippen LogP contribution in [-0.2, 0) is 27.3 Å². The number of aliphatic carboxylic acids is 1. The number of carboxylic acids is 1. The number of nitrogens with zero attached hydrogens (tertiary/aromatic N) is 4. The summed E-state index contributed by atoms with van der Waals surface area (Å²) in [6.45, 7) is 0.889. The van der Waals surface area contributed by atoms with E-state index in [1.54, 1.807) is 6.20 Å². The lowest BCUT2D eigenvalue weighted by Crippen LogP contribution is -2.54. The highest BCUT2D eigenvalue weighted by Crippen LogP contribution is 2.33. The summed E-state index contributed by atoms with van der Waals surface area (Å²) in [5.74, 6) is -1.38. The van der Waals surface area contributed by atoms with Gasteiger partial charge >= 0.3 is 12.0 Å². The van der Waals surface area contributed by atoms with Crippen LogP contribution in [0, 0.1) is 0 Å². The molecule has 0 saturated carbocycles. The van der Waals surface area contributed by atoms with E-state index in [9.17, 15) is 24.6 Å². The Labute approximate surface area is 168 Å². The highest BCUT2D eigenvalue weighted by molar-refractivity contribution is 5.88. The second kappa shape index (κ2) is 10.2. The van der Waals surface area contributed by atoms with Crippen LogP contribution in [0.2, 0.25) is 0 Å². The van der Waals surface area contributed by atoms with Crippen molar-refractivity contribution in [2.75, 3.05) is 26.8 Å². The van der Waals surface area contributed by atoms with Crippen molar-refractivity contribution in [3.8, 4) is 0 Å². The number of hydrogen-bond donors (Lipinski definition) is 4. The molecule has 0 bridgehead atoms. The highest BCUT2D eigenvalue weighted by atomic mass is 16.5. The van der Waals surface area contributed by atoms with Gasteiger partial charge in [0.2, 0.25) is 5.91 Å². The molecule has 1 aliphatic rings. The fourth-order valence-corrected chi connectivity index (χ4v) is 3.58. The maximum Gasteiger partial charge on any atom is 0.330 e. The van der Waals surface area contributed by atoms with E-state index in [0.29, 0.717) is 31.5 Å². The molecule has 3 amide bonds. The number of urea groups is 1. The summed E-state index contributed by atoms with van der Waals surface area (Å²) >= 11 is 0. The van der Waals surface area contributed by atoms with Crippen molar-refractivity contribution in [2.24, 2.45) is 5.73 Å². The van der Waals surface area contributed by atoms with E-state index in [1.807, 2.05) is 0 Å². The number of hydrogen-bond acceptors (Lipinski definition) is 7. The van der Waals surface area contributed by atoms with E-state index < -0.39 is 23.6 Å². The van der Waals surface area contributed by atoms with Gasteiger partial charge in [0.15, 0.2) is 0 Å². The predicted molar refractivity (Wildman–Crippen MR) is 99.7 cm³/mol. The molecule has 2 atom stereocenters. The van der Waals surface area contributed by atoms with Gasteiger partial charge in [-0.15, -0.1) is 5.10 Å². The molecule has 162 valence electrons. The largest absolute Gasteiger partial charge is 0.479 e. The van der Waals surface area contributed by atoms with E-state index in [4.69, 9.17) is 10.5 Å². The van der Waals surface area contributed by atoms with Gasteiger partial charge in [-0.05, 0) is 19.3 Å². The molecular formula is C17H28N6O6. The first-order valence-electron chi connectivity index (χ1n) is 9.41. The van der Waals surface area contributed by atoms with E-state index in [1.165, 1.54) is 16.7 Å². The minimum absolute atomic E-state index is 0.0218. The number of primary amides is 1. The molecule has 0 radical (unpaired) electrons. The Balaban J connectivity index is 2.06. The molecule has 5 N–H and O–H groups in total. The fourth-order valence-electron chi connectivity index (χ4n) is 3.58. The van der Waals surface area contributed by atoms with Gasteiger partial charge in [-0.25, -0.2) is 14.3 Å².